The molecule has 0 aliphatic heterocycles. The maximum Gasteiger partial charge on any atom is 0.306 e. The van der Waals surface area contributed by atoms with Crippen LogP contribution in [0.3, 0.4) is 0 Å². The van der Waals surface area contributed by atoms with Crippen molar-refractivity contribution in [1.82, 2.24) is 0 Å². The summed E-state index contributed by atoms with van der Waals surface area (Å²) in [6.07, 6.45) is 79.9. The molecule has 0 saturated heterocycles. The van der Waals surface area contributed by atoms with Crippen molar-refractivity contribution < 1.29 is 28.6 Å². The van der Waals surface area contributed by atoms with Crippen LogP contribution in [0, 0.1) is 0 Å². The van der Waals surface area contributed by atoms with E-state index in [0.29, 0.717) is 19.3 Å². The van der Waals surface area contributed by atoms with Gasteiger partial charge in [0.2, 0.25) is 0 Å². The minimum Gasteiger partial charge on any atom is -0.462 e. The first-order chi connectivity index (χ1) is 37.0. The second kappa shape index (κ2) is 63.9. The molecule has 0 aliphatic carbocycles. The zero-order valence-electron chi connectivity index (χ0n) is 50.3. The number of rotatable bonds is 61. The van der Waals surface area contributed by atoms with Gasteiger partial charge in [0.15, 0.2) is 6.10 Å². The molecule has 0 aliphatic rings. The van der Waals surface area contributed by atoms with Gasteiger partial charge in [-0.1, -0.05) is 281 Å². The first-order valence-corrected chi connectivity index (χ1v) is 33.1. The van der Waals surface area contributed by atoms with E-state index in [1.165, 1.54) is 238 Å². The normalized spacial score (nSPS) is 12.3. The summed E-state index contributed by atoms with van der Waals surface area (Å²) >= 11 is 0. The van der Waals surface area contributed by atoms with Gasteiger partial charge in [-0.15, -0.1) is 0 Å². The highest BCUT2D eigenvalue weighted by Gasteiger charge is 2.19. The molecule has 1 atom stereocenters. The van der Waals surface area contributed by atoms with Crippen LogP contribution >= 0.6 is 0 Å². The zero-order chi connectivity index (χ0) is 54.3. The topological polar surface area (TPSA) is 78.9 Å². The third kappa shape index (κ3) is 62.1. The molecule has 6 nitrogen and oxygen atoms in total. The van der Waals surface area contributed by atoms with Crippen LogP contribution in [0.2, 0.25) is 0 Å². The number of carbonyl (C=O) groups is 3. The predicted molar refractivity (Wildman–Crippen MR) is 325 cm³/mol. The molecule has 6 heteroatoms. The van der Waals surface area contributed by atoms with Crippen LogP contribution in [0.25, 0.3) is 0 Å². The summed E-state index contributed by atoms with van der Waals surface area (Å²) < 4.78 is 16.9. The Morgan fingerprint density at radius 1 is 0.267 bits per heavy atom. The van der Waals surface area contributed by atoms with Gasteiger partial charge in [0.1, 0.15) is 13.2 Å². The second-order valence-electron chi connectivity index (χ2n) is 22.4. The van der Waals surface area contributed by atoms with Crippen molar-refractivity contribution in [2.45, 2.75) is 361 Å². The van der Waals surface area contributed by atoms with E-state index in [4.69, 9.17) is 14.2 Å². The lowest BCUT2D eigenvalue weighted by Crippen LogP contribution is -2.30. The Labute approximate surface area is 467 Å². The molecule has 0 N–H and O–H groups in total. The molecule has 0 heterocycles. The number of hydrogen-bond donors (Lipinski definition) is 0. The van der Waals surface area contributed by atoms with Crippen LogP contribution in [-0.2, 0) is 28.6 Å². The molecule has 0 rings (SSSR count). The van der Waals surface area contributed by atoms with E-state index in [1.54, 1.807) is 0 Å². The number of esters is 3. The molecule has 0 radical (unpaired) electrons. The predicted octanol–water partition coefficient (Wildman–Crippen LogP) is 22.6. The molecular formula is C69H126O6. The van der Waals surface area contributed by atoms with Gasteiger partial charge in [-0.05, 0) is 103 Å². The van der Waals surface area contributed by atoms with Gasteiger partial charge in [0, 0.05) is 19.3 Å². The number of hydrogen-bond acceptors (Lipinski definition) is 6. The Morgan fingerprint density at radius 2 is 0.480 bits per heavy atom. The lowest BCUT2D eigenvalue weighted by molar-refractivity contribution is -0.167. The standard InChI is InChI=1S/C69H126O6/c1-4-7-10-13-16-19-22-25-27-29-30-31-32-33-34-35-36-37-38-40-41-44-47-50-53-56-59-62-68(71)74-65-66(64-73-67(70)61-58-55-52-49-46-43-24-21-18-15-12-9-6-3)75-69(72)63-60-57-54-51-48-45-42-39-28-26-23-20-17-14-11-8-5-2/h17,20-21,24,26,28-30,66H,4-16,18-19,22-23,25,27,31-65H2,1-3H3/b20-17-,24-21-,28-26-,30-29-. The summed E-state index contributed by atoms with van der Waals surface area (Å²) in [5.74, 6) is -0.874. The lowest BCUT2D eigenvalue weighted by Gasteiger charge is -2.18. The number of allylic oxidation sites excluding steroid dienone is 8. The number of unbranched alkanes of at least 4 members (excludes halogenated alkanes) is 42. The van der Waals surface area contributed by atoms with E-state index in [0.717, 1.165) is 77.0 Å². The lowest BCUT2D eigenvalue weighted by atomic mass is 10.0. The Kier molecular flexibility index (Phi) is 61.7. The van der Waals surface area contributed by atoms with Gasteiger partial charge in [0.05, 0.1) is 0 Å². The van der Waals surface area contributed by atoms with Gasteiger partial charge in [0.25, 0.3) is 0 Å². The molecule has 0 aromatic carbocycles. The van der Waals surface area contributed by atoms with Crippen LogP contribution < -0.4 is 0 Å². The highest BCUT2D eigenvalue weighted by molar-refractivity contribution is 5.71. The fourth-order valence-electron chi connectivity index (χ4n) is 9.76. The van der Waals surface area contributed by atoms with Gasteiger partial charge in [-0.3, -0.25) is 14.4 Å². The minimum absolute atomic E-state index is 0.0761. The summed E-state index contributed by atoms with van der Waals surface area (Å²) in [6.45, 7) is 6.63. The van der Waals surface area contributed by atoms with Crippen molar-refractivity contribution in [3.05, 3.63) is 48.6 Å². The number of carbonyl (C=O) groups excluding carboxylic acids is 3. The first-order valence-electron chi connectivity index (χ1n) is 33.1. The van der Waals surface area contributed by atoms with Gasteiger partial charge >= 0.3 is 17.9 Å². The molecule has 0 bridgehead atoms. The van der Waals surface area contributed by atoms with E-state index in [-0.39, 0.29) is 31.1 Å². The summed E-state index contributed by atoms with van der Waals surface area (Å²) in [4.78, 5) is 38.3. The highest BCUT2D eigenvalue weighted by Crippen LogP contribution is 2.17. The molecule has 1 unspecified atom stereocenters. The fourth-order valence-corrected chi connectivity index (χ4v) is 9.76. The Hall–Kier alpha value is -2.63. The maximum absolute atomic E-state index is 12.9. The maximum atomic E-state index is 12.9. The molecular weight excluding hydrogens is 925 g/mol. The Balaban J connectivity index is 4.23. The average molecular weight is 1050 g/mol. The van der Waals surface area contributed by atoms with E-state index < -0.39 is 6.10 Å². The Morgan fingerprint density at radius 3 is 0.787 bits per heavy atom. The van der Waals surface area contributed by atoms with Gasteiger partial charge in [-0.2, -0.15) is 0 Å². The Bertz CT molecular complexity index is 1300. The SMILES string of the molecule is CCCCC/C=C\C/C=C\CCCCCCCCCC(=O)OC(COC(=O)CCCCCCC/C=C\CCCCCC)COC(=O)CCCCCCCCCCCCCCCCC/C=C\CCCCCCCCCC. The quantitative estimate of drug-likeness (QED) is 0.0261. The highest BCUT2D eigenvalue weighted by atomic mass is 16.6. The van der Waals surface area contributed by atoms with Gasteiger partial charge < -0.3 is 14.2 Å². The monoisotopic (exact) mass is 1050 g/mol. The molecule has 0 fully saturated rings. The van der Waals surface area contributed by atoms with E-state index in [2.05, 4.69) is 69.4 Å². The van der Waals surface area contributed by atoms with Crippen LogP contribution in [0.15, 0.2) is 48.6 Å². The first kappa shape index (κ1) is 72.4. The average Bonchev–Trinajstić information content (AvgIpc) is 3.41. The van der Waals surface area contributed by atoms with Crippen molar-refractivity contribution in [2.24, 2.45) is 0 Å². The molecule has 0 spiro atoms. The molecule has 0 amide bonds. The van der Waals surface area contributed by atoms with Crippen molar-refractivity contribution in [3.8, 4) is 0 Å². The van der Waals surface area contributed by atoms with Crippen molar-refractivity contribution in [3.63, 3.8) is 0 Å². The van der Waals surface area contributed by atoms with Crippen LogP contribution in [0.5, 0.6) is 0 Å². The van der Waals surface area contributed by atoms with Crippen LogP contribution in [0.1, 0.15) is 355 Å². The smallest absolute Gasteiger partial charge is 0.306 e. The van der Waals surface area contributed by atoms with E-state index in [1.807, 2.05) is 0 Å². The summed E-state index contributed by atoms with van der Waals surface area (Å²) in [5, 5.41) is 0. The van der Waals surface area contributed by atoms with Crippen LogP contribution in [0.4, 0.5) is 0 Å². The second-order valence-corrected chi connectivity index (χ2v) is 22.4. The third-order valence-corrected chi connectivity index (χ3v) is 14.8. The molecule has 0 saturated carbocycles. The summed E-state index contributed by atoms with van der Waals surface area (Å²) in [5.41, 5.74) is 0. The van der Waals surface area contributed by atoms with Crippen molar-refractivity contribution in [1.29, 1.82) is 0 Å². The fraction of sp³-hybridized carbons (Fsp3) is 0.841. The largest absolute Gasteiger partial charge is 0.462 e. The van der Waals surface area contributed by atoms with E-state index in [9.17, 15) is 14.4 Å². The van der Waals surface area contributed by atoms with Crippen molar-refractivity contribution in [2.75, 3.05) is 13.2 Å². The third-order valence-electron chi connectivity index (χ3n) is 14.8. The molecule has 0 aromatic rings. The van der Waals surface area contributed by atoms with Crippen molar-refractivity contribution >= 4 is 17.9 Å². The van der Waals surface area contributed by atoms with Gasteiger partial charge in [-0.25, -0.2) is 0 Å². The summed E-state index contributed by atoms with van der Waals surface area (Å²) in [6, 6.07) is 0. The zero-order valence-corrected chi connectivity index (χ0v) is 50.3. The van der Waals surface area contributed by atoms with Crippen LogP contribution in [-0.4, -0.2) is 37.2 Å². The summed E-state index contributed by atoms with van der Waals surface area (Å²) in [7, 11) is 0. The molecule has 75 heavy (non-hydrogen) atoms. The molecule has 0 aromatic heterocycles. The number of ether oxygens (including phenoxy) is 3. The van der Waals surface area contributed by atoms with E-state index >= 15 is 0 Å². The minimum atomic E-state index is -0.780. The molecule has 438 valence electrons.